The molecule has 1 aromatic carbocycles. The molecule has 0 spiro atoms. The number of methoxy groups -OCH3 is 1. The number of halogens is 1. The molecule has 4 atom stereocenters. The van der Waals surface area contributed by atoms with Crippen LogP contribution in [-0.2, 0) is 9.47 Å². The number of hydrogen-bond donors (Lipinski definition) is 2. The fourth-order valence-electron chi connectivity index (χ4n) is 2.69. The van der Waals surface area contributed by atoms with Crippen molar-refractivity contribution in [3.63, 3.8) is 0 Å². The highest BCUT2D eigenvalue weighted by Gasteiger charge is 2.45. The minimum Gasteiger partial charge on any atom is -0.465 e. The lowest BCUT2D eigenvalue weighted by atomic mass is 10.1. The number of aliphatic hydroxyl groups is 2. The minimum absolute atomic E-state index is 0.109. The number of benzene rings is 1. The van der Waals surface area contributed by atoms with Gasteiger partial charge in [0.15, 0.2) is 12.4 Å². The third-order valence-corrected chi connectivity index (χ3v) is 3.86. The largest absolute Gasteiger partial charge is 0.465 e. The van der Waals surface area contributed by atoms with Gasteiger partial charge in [-0.25, -0.2) is 13.9 Å². The monoisotopic (exact) mass is 325 g/mol. The van der Waals surface area contributed by atoms with E-state index < -0.39 is 30.6 Å². The summed E-state index contributed by atoms with van der Waals surface area (Å²) in [6.07, 6.45) is -4.99. The molecule has 0 saturated carbocycles. The van der Waals surface area contributed by atoms with Crippen LogP contribution in [0.15, 0.2) is 18.2 Å². The molecule has 0 amide bonds. The van der Waals surface area contributed by atoms with Crippen molar-refractivity contribution >= 4 is 17.0 Å². The molecule has 1 aliphatic rings. The van der Waals surface area contributed by atoms with Gasteiger partial charge in [-0.3, -0.25) is 0 Å². The molecule has 1 fully saturated rings. The highest BCUT2D eigenvalue weighted by Crippen LogP contribution is 2.34. The van der Waals surface area contributed by atoms with E-state index in [1.54, 1.807) is 12.1 Å². The molecule has 0 unspecified atom stereocenters. The van der Waals surface area contributed by atoms with Crippen molar-refractivity contribution in [2.75, 3.05) is 13.7 Å². The molecule has 3 rings (SSSR count). The topological polar surface area (TPSA) is 107 Å². The Morgan fingerprint density at radius 2 is 2.30 bits per heavy atom. The van der Waals surface area contributed by atoms with E-state index in [1.165, 1.54) is 17.9 Å². The molecule has 1 saturated heterocycles. The van der Waals surface area contributed by atoms with Gasteiger partial charge >= 0.3 is 5.97 Å². The summed E-state index contributed by atoms with van der Waals surface area (Å²) < 4.78 is 25.7. The van der Waals surface area contributed by atoms with Gasteiger partial charge in [-0.15, -0.1) is 5.10 Å². The smallest absolute Gasteiger partial charge is 0.340 e. The van der Waals surface area contributed by atoms with E-state index in [2.05, 4.69) is 15.0 Å². The Morgan fingerprint density at radius 1 is 1.52 bits per heavy atom. The first-order valence-corrected chi connectivity index (χ1v) is 7.09. The van der Waals surface area contributed by atoms with Crippen LogP contribution >= 0.6 is 0 Å². The maximum absolute atomic E-state index is 14.3. The third kappa shape index (κ3) is 2.56. The lowest BCUT2D eigenvalue weighted by Crippen LogP contribution is -2.29. The molecular weight excluding hydrogens is 309 g/mol. The molecular formula is C14H16FN3O5. The number of fused-ring (bicyclic) bond motifs is 1. The van der Waals surface area contributed by atoms with Crippen molar-refractivity contribution in [2.24, 2.45) is 0 Å². The SMILES string of the molecule is COC(=O)c1cccc2c1nnn2[C@@H]1O[C@H](CCO)[C@@H](O)[C@H]1F. The molecule has 1 aliphatic heterocycles. The summed E-state index contributed by atoms with van der Waals surface area (Å²) in [7, 11) is 1.25. The number of rotatable bonds is 4. The summed E-state index contributed by atoms with van der Waals surface area (Å²) in [6, 6.07) is 4.74. The summed E-state index contributed by atoms with van der Waals surface area (Å²) >= 11 is 0. The van der Waals surface area contributed by atoms with Crippen LogP contribution in [-0.4, -0.2) is 63.3 Å². The number of aliphatic hydroxyl groups excluding tert-OH is 2. The van der Waals surface area contributed by atoms with Gasteiger partial charge in [0.2, 0.25) is 0 Å². The van der Waals surface area contributed by atoms with Crippen LogP contribution < -0.4 is 0 Å². The van der Waals surface area contributed by atoms with E-state index >= 15 is 0 Å². The first kappa shape index (κ1) is 15.8. The summed E-state index contributed by atoms with van der Waals surface area (Å²) in [5, 5.41) is 26.6. The zero-order valence-electron chi connectivity index (χ0n) is 12.3. The normalized spacial score (nSPS) is 27.5. The van der Waals surface area contributed by atoms with Gasteiger partial charge in [0, 0.05) is 6.61 Å². The van der Waals surface area contributed by atoms with Crippen molar-refractivity contribution < 1.29 is 28.9 Å². The van der Waals surface area contributed by atoms with Crippen molar-refractivity contribution in [3.8, 4) is 0 Å². The highest BCUT2D eigenvalue weighted by atomic mass is 19.1. The van der Waals surface area contributed by atoms with Crippen LogP contribution in [0.4, 0.5) is 4.39 Å². The van der Waals surface area contributed by atoms with Crippen molar-refractivity contribution in [1.82, 2.24) is 15.0 Å². The van der Waals surface area contributed by atoms with E-state index in [9.17, 15) is 14.3 Å². The quantitative estimate of drug-likeness (QED) is 0.773. The van der Waals surface area contributed by atoms with Crippen LogP contribution in [0, 0.1) is 0 Å². The van der Waals surface area contributed by atoms with Gasteiger partial charge in [0.05, 0.1) is 24.3 Å². The third-order valence-electron chi connectivity index (χ3n) is 3.86. The predicted molar refractivity (Wildman–Crippen MR) is 75.4 cm³/mol. The van der Waals surface area contributed by atoms with Crippen LogP contribution in [0.1, 0.15) is 23.0 Å². The van der Waals surface area contributed by atoms with Gasteiger partial charge < -0.3 is 19.7 Å². The van der Waals surface area contributed by atoms with Gasteiger partial charge in [-0.05, 0) is 18.6 Å². The lowest BCUT2D eigenvalue weighted by Gasteiger charge is -2.14. The second-order valence-corrected chi connectivity index (χ2v) is 5.21. The van der Waals surface area contributed by atoms with Crippen molar-refractivity contribution in [1.29, 1.82) is 0 Å². The van der Waals surface area contributed by atoms with Gasteiger partial charge in [-0.1, -0.05) is 11.3 Å². The number of hydrogen-bond acceptors (Lipinski definition) is 7. The Hall–Kier alpha value is -2.10. The van der Waals surface area contributed by atoms with Crippen LogP contribution in [0.25, 0.3) is 11.0 Å². The average molecular weight is 325 g/mol. The summed E-state index contributed by atoms with van der Waals surface area (Å²) in [4.78, 5) is 11.7. The molecule has 23 heavy (non-hydrogen) atoms. The van der Waals surface area contributed by atoms with E-state index in [0.29, 0.717) is 5.52 Å². The molecule has 0 bridgehead atoms. The lowest BCUT2D eigenvalue weighted by molar-refractivity contribution is -0.0377. The second kappa shape index (κ2) is 6.19. The van der Waals surface area contributed by atoms with E-state index in [0.717, 1.165) is 0 Å². The molecule has 124 valence electrons. The summed E-state index contributed by atoms with van der Waals surface area (Å²) in [5.74, 6) is -0.579. The first-order chi connectivity index (χ1) is 11.1. The van der Waals surface area contributed by atoms with E-state index in [-0.39, 0.29) is 24.1 Å². The minimum atomic E-state index is -1.72. The number of ether oxygens (including phenoxy) is 2. The fourth-order valence-corrected chi connectivity index (χ4v) is 2.69. The second-order valence-electron chi connectivity index (χ2n) is 5.21. The Bertz CT molecular complexity index is 722. The predicted octanol–water partition coefficient (Wildman–Crippen LogP) is 0.197. The maximum atomic E-state index is 14.3. The molecule has 2 aromatic rings. The summed E-state index contributed by atoms with van der Waals surface area (Å²) in [6.45, 7) is -0.230. The Labute approximate surface area is 130 Å². The number of carbonyl (C=O) groups excluding carboxylic acids is 1. The average Bonchev–Trinajstić information content (AvgIpc) is 3.10. The standard InChI is InChI=1S/C14H16FN3O5/c1-22-14(21)7-3-2-4-8-11(7)16-17-18(8)13-10(15)12(20)9(23-13)5-6-19/h2-4,9-10,12-13,19-20H,5-6H2,1H3/t9-,10-,12-,13-/m1/s1. The molecule has 2 heterocycles. The molecule has 0 radical (unpaired) electrons. The maximum Gasteiger partial charge on any atom is 0.340 e. The first-order valence-electron chi connectivity index (χ1n) is 7.09. The zero-order valence-corrected chi connectivity index (χ0v) is 12.3. The number of aromatic nitrogens is 3. The number of esters is 1. The molecule has 0 aliphatic carbocycles. The molecule has 8 nitrogen and oxygen atoms in total. The molecule has 9 heteroatoms. The number of nitrogens with zero attached hydrogens (tertiary/aromatic N) is 3. The highest BCUT2D eigenvalue weighted by molar-refractivity contribution is 6.01. The van der Waals surface area contributed by atoms with E-state index in [4.69, 9.17) is 9.84 Å². The Balaban J connectivity index is 2.00. The van der Waals surface area contributed by atoms with Crippen LogP contribution in [0.2, 0.25) is 0 Å². The Kier molecular flexibility index (Phi) is 4.24. The molecule has 2 N–H and O–H groups in total. The number of carbonyl (C=O) groups is 1. The molecule has 1 aromatic heterocycles. The van der Waals surface area contributed by atoms with Gasteiger partial charge in [0.1, 0.15) is 11.6 Å². The summed E-state index contributed by atoms with van der Waals surface area (Å²) in [5.41, 5.74) is 0.852. The van der Waals surface area contributed by atoms with Gasteiger partial charge in [-0.2, -0.15) is 0 Å². The van der Waals surface area contributed by atoms with Crippen LogP contribution in [0.3, 0.4) is 0 Å². The Morgan fingerprint density at radius 3 is 3.00 bits per heavy atom. The van der Waals surface area contributed by atoms with Crippen LogP contribution in [0.5, 0.6) is 0 Å². The number of alkyl halides is 1. The van der Waals surface area contributed by atoms with Gasteiger partial charge in [0.25, 0.3) is 0 Å². The van der Waals surface area contributed by atoms with Crippen molar-refractivity contribution in [3.05, 3.63) is 23.8 Å². The van der Waals surface area contributed by atoms with E-state index in [1.807, 2.05) is 0 Å². The zero-order chi connectivity index (χ0) is 16.6. The fraction of sp³-hybridized carbons (Fsp3) is 0.500. The van der Waals surface area contributed by atoms with Crippen molar-refractivity contribution in [2.45, 2.75) is 31.0 Å².